The van der Waals surface area contributed by atoms with E-state index < -0.39 is 0 Å². The molecular weight excluding hydrogens is 230 g/mol. The predicted molar refractivity (Wildman–Crippen MR) is 74.7 cm³/mol. The number of halogens is 1. The van der Waals surface area contributed by atoms with Crippen molar-refractivity contribution < 1.29 is 0 Å². The Hall–Kier alpha value is -0.530. The largest absolute Gasteiger partial charge is 0.303 e. The first kappa shape index (κ1) is 12.9. The lowest BCUT2D eigenvalue weighted by atomic mass is 9.94. The van der Waals surface area contributed by atoms with Crippen molar-refractivity contribution in [1.82, 2.24) is 4.90 Å². The molecule has 2 heteroatoms. The van der Waals surface area contributed by atoms with Crippen molar-refractivity contribution >= 4 is 11.6 Å². The molecule has 0 N–H and O–H groups in total. The molecule has 2 rings (SSSR count). The third-order valence-electron chi connectivity index (χ3n) is 3.84. The maximum atomic E-state index is 6.00. The minimum Gasteiger partial charge on any atom is -0.303 e. The molecule has 17 heavy (non-hydrogen) atoms. The highest BCUT2D eigenvalue weighted by atomic mass is 35.5. The number of likely N-dealkylation sites (N-methyl/N-ethyl adjacent to an activating group) is 1. The van der Waals surface area contributed by atoms with E-state index in [9.17, 15) is 0 Å². The monoisotopic (exact) mass is 251 g/mol. The molecule has 0 atom stereocenters. The molecule has 1 fully saturated rings. The van der Waals surface area contributed by atoms with Crippen molar-refractivity contribution in [2.45, 2.75) is 44.6 Å². The van der Waals surface area contributed by atoms with Gasteiger partial charge in [0, 0.05) is 17.6 Å². The highest BCUT2D eigenvalue weighted by Crippen LogP contribution is 2.21. The maximum absolute atomic E-state index is 6.00. The summed E-state index contributed by atoms with van der Waals surface area (Å²) in [5, 5.41) is 0.850. The smallest absolute Gasteiger partial charge is 0.0408 e. The van der Waals surface area contributed by atoms with Crippen LogP contribution >= 0.6 is 11.6 Å². The summed E-state index contributed by atoms with van der Waals surface area (Å²) in [7, 11) is 2.26. The molecule has 1 aliphatic rings. The fraction of sp³-hybridized carbons (Fsp3) is 0.600. The molecule has 0 aliphatic heterocycles. The molecule has 1 aliphatic carbocycles. The SMILES string of the molecule is CN(CCc1cccc(Cl)c1)C1CCCCC1. The van der Waals surface area contributed by atoms with Crippen molar-refractivity contribution in [3.05, 3.63) is 34.9 Å². The Morgan fingerprint density at radius 2 is 2.00 bits per heavy atom. The summed E-state index contributed by atoms with van der Waals surface area (Å²) in [5.74, 6) is 0. The van der Waals surface area contributed by atoms with Crippen LogP contribution in [0.25, 0.3) is 0 Å². The zero-order chi connectivity index (χ0) is 12.1. The average molecular weight is 252 g/mol. The average Bonchev–Trinajstić information content (AvgIpc) is 2.37. The highest BCUT2D eigenvalue weighted by Gasteiger charge is 2.17. The van der Waals surface area contributed by atoms with Crippen molar-refractivity contribution in [3.8, 4) is 0 Å². The minimum atomic E-state index is 0.808. The second kappa shape index (κ2) is 6.42. The van der Waals surface area contributed by atoms with Gasteiger partial charge in [-0.15, -0.1) is 0 Å². The summed E-state index contributed by atoms with van der Waals surface area (Å²) in [6.07, 6.45) is 8.11. The van der Waals surface area contributed by atoms with Crippen molar-refractivity contribution in [1.29, 1.82) is 0 Å². The van der Waals surface area contributed by atoms with Gasteiger partial charge in [0.15, 0.2) is 0 Å². The summed E-state index contributed by atoms with van der Waals surface area (Å²) < 4.78 is 0. The lowest BCUT2D eigenvalue weighted by molar-refractivity contribution is 0.194. The van der Waals surface area contributed by atoms with Crippen molar-refractivity contribution in [2.75, 3.05) is 13.6 Å². The van der Waals surface area contributed by atoms with E-state index in [2.05, 4.69) is 24.1 Å². The summed E-state index contributed by atoms with van der Waals surface area (Å²) in [5.41, 5.74) is 1.35. The fourth-order valence-corrected chi connectivity index (χ4v) is 2.92. The van der Waals surface area contributed by atoms with Crippen LogP contribution in [0.3, 0.4) is 0 Å². The van der Waals surface area contributed by atoms with Gasteiger partial charge in [0.1, 0.15) is 0 Å². The Kier molecular flexibility index (Phi) is 4.87. The second-order valence-electron chi connectivity index (χ2n) is 5.15. The lowest BCUT2D eigenvalue weighted by Crippen LogP contribution is -2.34. The van der Waals surface area contributed by atoms with Gasteiger partial charge in [-0.3, -0.25) is 0 Å². The third kappa shape index (κ3) is 4.01. The van der Waals surface area contributed by atoms with Crippen molar-refractivity contribution in [3.63, 3.8) is 0 Å². The molecule has 0 heterocycles. The van der Waals surface area contributed by atoms with Crippen LogP contribution in [0.1, 0.15) is 37.7 Å². The normalized spacial score (nSPS) is 17.6. The standard InChI is InChI=1S/C15H22ClN/c1-17(15-8-3-2-4-9-15)11-10-13-6-5-7-14(16)12-13/h5-7,12,15H,2-4,8-11H2,1H3. The molecule has 1 aromatic rings. The first-order valence-corrected chi connectivity index (χ1v) is 7.08. The minimum absolute atomic E-state index is 0.808. The second-order valence-corrected chi connectivity index (χ2v) is 5.59. The molecule has 0 amide bonds. The number of nitrogens with zero attached hydrogens (tertiary/aromatic N) is 1. The summed E-state index contributed by atoms with van der Waals surface area (Å²) in [4.78, 5) is 2.53. The Bertz CT molecular complexity index is 345. The lowest BCUT2D eigenvalue weighted by Gasteiger charge is -2.31. The van der Waals surface area contributed by atoms with E-state index in [0.29, 0.717) is 0 Å². The third-order valence-corrected chi connectivity index (χ3v) is 4.08. The van der Waals surface area contributed by atoms with E-state index >= 15 is 0 Å². The van der Waals surface area contributed by atoms with E-state index in [-0.39, 0.29) is 0 Å². The van der Waals surface area contributed by atoms with Gasteiger partial charge in [-0.05, 0) is 44.0 Å². The fourth-order valence-electron chi connectivity index (χ4n) is 2.70. The maximum Gasteiger partial charge on any atom is 0.0408 e. The van der Waals surface area contributed by atoms with Crippen LogP contribution in [0.5, 0.6) is 0 Å². The Labute approximate surface area is 110 Å². The molecule has 0 saturated heterocycles. The van der Waals surface area contributed by atoms with Gasteiger partial charge in [-0.25, -0.2) is 0 Å². The van der Waals surface area contributed by atoms with E-state index in [0.717, 1.165) is 24.0 Å². The zero-order valence-electron chi connectivity index (χ0n) is 10.7. The van der Waals surface area contributed by atoms with E-state index in [1.54, 1.807) is 0 Å². The number of hydrogen-bond acceptors (Lipinski definition) is 1. The molecule has 94 valence electrons. The van der Waals surface area contributed by atoms with E-state index in [1.165, 1.54) is 37.7 Å². The van der Waals surface area contributed by atoms with Gasteiger partial charge in [-0.1, -0.05) is 43.0 Å². The predicted octanol–water partition coefficient (Wildman–Crippen LogP) is 4.15. The topological polar surface area (TPSA) is 3.24 Å². The van der Waals surface area contributed by atoms with Crippen LogP contribution in [-0.2, 0) is 6.42 Å². The van der Waals surface area contributed by atoms with Gasteiger partial charge in [0.05, 0.1) is 0 Å². The van der Waals surface area contributed by atoms with Crippen LogP contribution < -0.4 is 0 Å². The number of hydrogen-bond donors (Lipinski definition) is 0. The van der Waals surface area contributed by atoms with Crippen LogP contribution in [0.4, 0.5) is 0 Å². The molecule has 0 bridgehead atoms. The molecular formula is C15H22ClN. The van der Waals surface area contributed by atoms with Crippen molar-refractivity contribution in [2.24, 2.45) is 0 Å². The summed E-state index contributed by atoms with van der Waals surface area (Å²) in [6.45, 7) is 1.14. The van der Waals surface area contributed by atoms with Gasteiger partial charge in [0.2, 0.25) is 0 Å². The zero-order valence-corrected chi connectivity index (χ0v) is 11.4. The molecule has 1 nitrogen and oxygen atoms in total. The first-order valence-electron chi connectivity index (χ1n) is 6.70. The van der Waals surface area contributed by atoms with Crippen LogP contribution in [0.2, 0.25) is 5.02 Å². The van der Waals surface area contributed by atoms with Gasteiger partial charge >= 0.3 is 0 Å². The number of rotatable bonds is 4. The molecule has 0 unspecified atom stereocenters. The van der Waals surface area contributed by atoms with Gasteiger partial charge < -0.3 is 4.90 Å². The molecule has 1 saturated carbocycles. The van der Waals surface area contributed by atoms with E-state index in [1.807, 2.05) is 12.1 Å². The Morgan fingerprint density at radius 3 is 2.71 bits per heavy atom. The molecule has 0 spiro atoms. The van der Waals surface area contributed by atoms with E-state index in [4.69, 9.17) is 11.6 Å². The Morgan fingerprint density at radius 1 is 1.24 bits per heavy atom. The van der Waals surface area contributed by atoms with Gasteiger partial charge in [0.25, 0.3) is 0 Å². The van der Waals surface area contributed by atoms with Crippen LogP contribution in [0, 0.1) is 0 Å². The first-order chi connectivity index (χ1) is 8.25. The molecule has 1 aromatic carbocycles. The summed E-state index contributed by atoms with van der Waals surface area (Å²) >= 11 is 6.00. The molecule has 0 radical (unpaired) electrons. The van der Waals surface area contributed by atoms with Gasteiger partial charge in [-0.2, -0.15) is 0 Å². The van der Waals surface area contributed by atoms with Crippen LogP contribution in [-0.4, -0.2) is 24.5 Å². The van der Waals surface area contributed by atoms with Crippen LogP contribution in [0.15, 0.2) is 24.3 Å². The summed E-state index contributed by atoms with van der Waals surface area (Å²) in [6, 6.07) is 9.04. The number of benzene rings is 1. The highest BCUT2D eigenvalue weighted by molar-refractivity contribution is 6.30. The Balaban J connectivity index is 1.80. The quantitative estimate of drug-likeness (QED) is 0.777. The molecule has 0 aromatic heterocycles.